The molecule has 0 aromatic heterocycles. The number of ether oxygens (including phenoxy) is 4. The zero-order chi connectivity index (χ0) is 75.1. The van der Waals surface area contributed by atoms with Crippen molar-refractivity contribution in [1.29, 1.82) is 0 Å². The molecule has 0 heterocycles. The summed E-state index contributed by atoms with van der Waals surface area (Å²) < 4.78 is 68.7. The van der Waals surface area contributed by atoms with Crippen LogP contribution in [0.3, 0.4) is 0 Å². The number of phosphoric ester groups is 2. The van der Waals surface area contributed by atoms with Gasteiger partial charge in [-0.2, -0.15) is 0 Å². The molecular formula is C83H162O17P2. The molecule has 606 valence electrons. The van der Waals surface area contributed by atoms with Crippen molar-refractivity contribution in [3.8, 4) is 0 Å². The van der Waals surface area contributed by atoms with Gasteiger partial charge in [0.25, 0.3) is 0 Å². The van der Waals surface area contributed by atoms with E-state index >= 15 is 0 Å². The second-order valence-corrected chi connectivity index (χ2v) is 34.2. The second-order valence-electron chi connectivity index (χ2n) is 31.3. The number of phosphoric acid groups is 2. The van der Waals surface area contributed by atoms with Crippen LogP contribution in [0.1, 0.15) is 434 Å². The number of unbranched alkanes of at least 4 members (excludes halogenated alkanes) is 49. The van der Waals surface area contributed by atoms with Gasteiger partial charge in [-0.3, -0.25) is 37.3 Å². The van der Waals surface area contributed by atoms with E-state index in [2.05, 4.69) is 48.5 Å². The molecule has 19 heteroatoms. The molecule has 3 N–H and O–H groups in total. The van der Waals surface area contributed by atoms with Gasteiger partial charge in [0, 0.05) is 25.7 Å². The Morgan fingerprint density at radius 2 is 0.451 bits per heavy atom. The van der Waals surface area contributed by atoms with Gasteiger partial charge in [0.1, 0.15) is 19.3 Å². The first-order valence-electron chi connectivity index (χ1n) is 42.8. The van der Waals surface area contributed by atoms with E-state index in [-0.39, 0.29) is 25.7 Å². The fraction of sp³-hybridized carbons (Fsp3) is 0.952. The van der Waals surface area contributed by atoms with Crippen molar-refractivity contribution in [2.24, 2.45) is 17.8 Å². The van der Waals surface area contributed by atoms with E-state index in [9.17, 15) is 43.2 Å². The highest BCUT2D eigenvalue weighted by Gasteiger charge is 2.30. The van der Waals surface area contributed by atoms with Gasteiger partial charge in [0.2, 0.25) is 0 Å². The Balaban J connectivity index is 5.19. The largest absolute Gasteiger partial charge is 0.472 e. The topological polar surface area (TPSA) is 237 Å². The summed E-state index contributed by atoms with van der Waals surface area (Å²) in [7, 11) is -9.92. The summed E-state index contributed by atoms with van der Waals surface area (Å²) in [6.45, 7) is 11.9. The van der Waals surface area contributed by atoms with Gasteiger partial charge in [-0.05, 0) is 43.4 Å². The molecule has 0 aromatic rings. The summed E-state index contributed by atoms with van der Waals surface area (Å²) >= 11 is 0. The van der Waals surface area contributed by atoms with E-state index in [1.165, 1.54) is 238 Å². The molecular weight excluding hydrogens is 1330 g/mol. The molecule has 0 rings (SSSR count). The maximum Gasteiger partial charge on any atom is 0.472 e. The first-order valence-corrected chi connectivity index (χ1v) is 45.8. The molecule has 0 bridgehead atoms. The molecule has 0 saturated heterocycles. The number of carbonyl (C=O) groups excluding carboxylic acids is 4. The zero-order valence-electron chi connectivity index (χ0n) is 67.1. The highest BCUT2D eigenvalue weighted by molar-refractivity contribution is 7.47. The van der Waals surface area contributed by atoms with E-state index in [4.69, 9.17) is 37.0 Å². The third-order valence-electron chi connectivity index (χ3n) is 19.4. The lowest BCUT2D eigenvalue weighted by atomic mass is 10.0. The Morgan fingerprint density at radius 3 is 0.667 bits per heavy atom. The van der Waals surface area contributed by atoms with Crippen LogP contribution < -0.4 is 0 Å². The molecule has 0 saturated carbocycles. The summed E-state index contributed by atoms with van der Waals surface area (Å²) in [6, 6.07) is 0. The van der Waals surface area contributed by atoms with E-state index in [0.717, 1.165) is 108 Å². The summed E-state index contributed by atoms with van der Waals surface area (Å²) in [5.74, 6) is 0.123. The van der Waals surface area contributed by atoms with Crippen molar-refractivity contribution in [2.75, 3.05) is 39.6 Å². The van der Waals surface area contributed by atoms with Crippen LogP contribution in [0.5, 0.6) is 0 Å². The van der Waals surface area contributed by atoms with E-state index in [0.29, 0.717) is 31.6 Å². The molecule has 0 aromatic carbocycles. The van der Waals surface area contributed by atoms with Crippen molar-refractivity contribution in [1.82, 2.24) is 0 Å². The Kier molecular flexibility index (Phi) is 71.8. The van der Waals surface area contributed by atoms with Gasteiger partial charge in [0.05, 0.1) is 26.4 Å². The van der Waals surface area contributed by atoms with Crippen LogP contribution >= 0.6 is 15.6 Å². The van der Waals surface area contributed by atoms with Gasteiger partial charge in [-0.15, -0.1) is 0 Å². The number of aliphatic hydroxyl groups excluding tert-OH is 1. The van der Waals surface area contributed by atoms with E-state index in [1.807, 2.05) is 0 Å². The molecule has 102 heavy (non-hydrogen) atoms. The predicted molar refractivity (Wildman–Crippen MR) is 418 cm³/mol. The van der Waals surface area contributed by atoms with Crippen molar-refractivity contribution >= 4 is 39.5 Å². The highest BCUT2D eigenvalue weighted by Crippen LogP contribution is 2.45. The second kappa shape index (κ2) is 73.2. The summed E-state index contributed by atoms with van der Waals surface area (Å²) in [5, 5.41) is 10.6. The molecule has 0 amide bonds. The van der Waals surface area contributed by atoms with Gasteiger partial charge in [-0.25, -0.2) is 9.13 Å². The number of esters is 4. The van der Waals surface area contributed by atoms with Crippen LogP contribution in [0.2, 0.25) is 0 Å². The van der Waals surface area contributed by atoms with Crippen LogP contribution in [0.15, 0.2) is 0 Å². The molecule has 0 aliphatic rings. The predicted octanol–water partition coefficient (Wildman–Crippen LogP) is 24.9. The van der Waals surface area contributed by atoms with Crippen LogP contribution in [0, 0.1) is 17.8 Å². The van der Waals surface area contributed by atoms with Crippen molar-refractivity contribution in [2.45, 2.75) is 452 Å². The van der Waals surface area contributed by atoms with Crippen molar-refractivity contribution in [3.05, 3.63) is 0 Å². The Morgan fingerprint density at radius 1 is 0.265 bits per heavy atom. The van der Waals surface area contributed by atoms with E-state index < -0.39 is 97.5 Å². The van der Waals surface area contributed by atoms with Crippen molar-refractivity contribution in [3.63, 3.8) is 0 Å². The molecule has 0 radical (unpaired) electrons. The smallest absolute Gasteiger partial charge is 0.462 e. The highest BCUT2D eigenvalue weighted by atomic mass is 31.2. The van der Waals surface area contributed by atoms with Gasteiger partial charge < -0.3 is 33.8 Å². The fourth-order valence-corrected chi connectivity index (χ4v) is 14.4. The molecule has 0 aliphatic heterocycles. The molecule has 0 spiro atoms. The van der Waals surface area contributed by atoms with Crippen molar-refractivity contribution < 1.29 is 80.2 Å². The number of aliphatic hydroxyl groups is 1. The van der Waals surface area contributed by atoms with E-state index in [1.54, 1.807) is 0 Å². The first kappa shape index (κ1) is 100. The molecule has 0 fully saturated rings. The molecule has 2 unspecified atom stereocenters. The van der Waals surface area contributed by atoms with Gasteiger partial charge in [-0.1, -0.05) is 382 Å². The fourth-order valence-electron chi connectivity index (χ4n) is 12.8. The zero-order valence-corrected chi connectivity index (χ0v) is 68.9. The quantitative estimate of drug-likeness (QED) is 0.0222. The molecule has 5 atom stereocenters. The van der Waals surface area contributed by atoms with Gasteiger partial charge in [0.15, 0.2) is 12.2 Å². The average molecular weight is 1490 g/mol. The number of hydrogen-bond acceptors (Lipinski definition) is 15. The van der Waals surface area contributed by atoms with Crippen LogP contribution in [0.25, 0.3) is 0 Å². The lowest BCUT2D eigenvalue weighted by Crippen LogP contribution is -2.30. The number of carbonyl (C=O) groups is 4. The maximum absolute atomic E-state index is 13.1. The minimum atomic E-state index is -4.96. The standard InChI is InChI=1S/C83H162O17P2/c1-8-9-10-11-12-13-14-15-16-17-18-19-23-26-29-32-37-42-50-57-64-80(85)93-70-78(99-82(87)66-59-52-43-38-33-30-27-24-21-20-22-25-28-31-35-40-47-54-61-74(2)3)72-97-101(89,90)95-68-77(84)69-96-102(91,92)98-73-79(71-94-81(86)65-58-51-46-45-49-56-63-76(6)7)100-83(88)67-60-53-44-39-34-36-41-48-55-62-75(4)5/h74-79,84H,8-73H2,1-7H3,(H,89,90)(H,91,92)/t77-,78-,79-/m1/s1. The minimum Gasteiger partial charge on any atom is -0.462 e. The van der Waals surface area contributed by atoms with Crippen LogP contribution in [-0.4, -0.2) is 96.7 Å². The lowest BCUT2D eigenvalue weighted by Gasteiger charge is -2.21. The third kappa shape index (κ3) is 76.3. The summed E-state index contributed by atoms with van der Waals surface area (Å²) in [6.07, 6.45) is 62.9. The van der Waals surface area contributed by atoms with Crippen LogP contribution in [-0.2, 0) is 65.4 Å². The summed E-state index contributed by atoms with van der Waals surface area (Å²) in [5.41, 5.74) is 0. The molecule has 0 aliphatic carbocycles. The Labute approximate surface area is 626 Å². The minimum absolute atomic E-state index is 0.104. The Bertz CT molecular complexity index is 1970. The number of rotatable bonds is 81. The van der Waals surface area contributed by atoms with Gasteiger partial charge >= 0.3 is 39.5 Å². The third-order valence-corrected chi connectivity index (χ3v) is 21.3. The number of hydrogen-bond donors (Lipinski definition) is 3. The lowest BCUT2D eigenvalue weighted by molar-refractivity contribution is -0.161. The average Bonchev–Trinajstić information content (AvgIpc) is 1.12. The Hall–Kier alpha value is -1.94. The summed E-state index contributed by atoms with van der Waals surface area (Å²) in [4.78, 5) is 73.0. The maximum atomic E-state index is 13.1. The first-order chi connectivity index (χ1) is 49.2. The monoisotopic (exact) mass is 1490 g/mol. The van der Waals surface area contributed by atoms with Crippen LogP contribution in [0.4, 0.5) is 0 Å². The molecule has 17 nitrogen and oxygen atoms in total. The SMILES string of the molecule is CCCCCCCCCCCCCCCCCCCCCCC(=O)OC[C@H](COP(=O)(O)OC[C@@H](O)COP(=O)(O)OC[C@@H](COC(=O)CCCCCCCCC(C)C)OC(=O)CCCCCCCCCCCC(C)C)OC(=O)CCCCCCCCCCCCCCCCCCCCC(C)C. The normalized spacial score (nSPS) is 13.9.